The number of hydrogen-bond donors (Lipinski definition) is 0. The average Bonchev–Trinajstić information content (AvgIpc) is 2.44. The van der Waals surface area contributed by atoms with Crippen LogP contribution in [0.1, 0.15) is 21.8 Å². The number of ketones is 1. The summed E-state index contributed by atoms with van der Waals surface area (Å²) in [6.45, 7) is 0. The van der Waals surface area contributed by atoms with E-state index in [-0.39, 0.29) is 10.6 Å². The van der Waals surface area contributed by atoms with Gasteiger partial charge in [-0.3, -0.25) is 4.79 Å². The van der Waals surface area contributed by atoms with Crippen LogP contribution >= 0.6 is 23.2 Å². The van der Waals surface area contributed by atoms with E-state index in [4.69, 9.17) is 23.2 Å². The van der Waals surface area contributed by atoms with Crippen molar-refractivity contribution in [3.05, 3.63) is 69.5 Å². The van der Waals surface area contributed by atoms with E-state index in [9.17, 15) is 14.4 Å². The molecule has 2 nitrogen and oxygen atoms in total. The van der Waals surface area contributed by atoms with Crippen molar-refractivity contribution in [3.63, 3.8) is 0 Å². The number of benzene rings is 2. The third kappa shape index (κ3) is 2.98. The Morgan fingerprint density at radius 1 is 1.15 bits per heavy atom. The summed E-state index contributed by atoms with van der Waals surface area (Å²) in [5, 5.41) is 9.56. The Bertz CT molecular complexity index is 692. The van der Waals surface area contributed by atoms with Gasteiger partial charge in [-0.2, -0.15) is 5.26 Å². The monoisotopic (exact) mass is 307 g/mol. The van der Waals surface area contributed by atoms with E-state index in [0.717, 1.165) is 6.07 Å². The van der Waals surface area contributed by atoms with Gasteiger partial charge < -0.3 is 0 Å². The van der Waals surface area contributed by atoms with Crippen molar-refractivity contribution >= 4 is 29.0 Å². The van der Waals surface area contributed by atoms with Crippen molar-refractivity contribution in [1.82, 2.24) is 0 Å². The van der Waals surface area contributed by atoms with Crippen molar-refractivity contribution < 1.29 is 9.18 Å². The molecule has 0 saturated heterocycles. The lowest BCUT2D eigenvalue weighted by Gasteiger charge is -2.09. The molecule has 0 saturated carbocycles. The quantitative estimate of drug-likeness (QED) is 0.776. The predicted molar refractivity (Wildman–Crippen MR) is 75.5 cm³/mol. The second-order valence-electron chi connectivity index (χ2n) is 4.11. The summed E-state index contributed by atoms with van der Waals surface area (Å²) in [6, 6.07) is 12.0. The number of carbonyl (C=O) groups is 1. The number of hydrogen-bond acceptors (Lipinski definition) is 2. The Balaban J connectivity index is 2.36. The molecule has 100 valence electrons. The first-order chi connectivity index (χ1) is 9.52. The number of halogens is 3. The van der Waals surface area contributed by atoms with Gasteiger partial charge in [-0.15, -0.1) is 0 Å². The van der Waals surface area contributed by atoms with Crippen molar-refractivity contribution in [3.8, 4) is 6.07 Å². The highest BCUT2D eigenvalue weighted by molar-refractivity contribution is 6.31. The lowest BCUT2D eigenvalue weighted by Crippen LogP contribution is -2.11. The van der Waals surface area contributed by atoms with E-state index >= 15 is 0 Å². The zero-order chi connectivity index (χ0) is 14.7. The molecule has 0 radical (unpaired) electrons. The Kier molecular flexibility index (Phi) is 4.39. The molecule has 2 aromatic rings. The van der Waals surface area contributed by atoms with Gasteiger partial charge in [0.25, 0.3) is 0 Å². The van der Waals surface area contributed by atoms with Crippen molar-refractivity contribution in [2.24, 2.45) is 0 Å². The van der Waals surface area contributed by atoms with Gasteiger partial charge in [0, 0.05) is 10.6 Å². The topological polar surface area (TPSA) is 40.9 Å². The summed E-state index contributed by atoms with van der Waals surface area (Å²) in [5.74, 6) is -2.02. The van der Waals surface area contributed by atoms with Crippen LogP contribution in [0.15, 0.2) is 42.5 Å². The van der Waals surface area contributed by atoms with E-state index < -0.39 is 17.5 Å². The second-order valence-corrected chi connectivity index (χ2v) is 4.95. The number of nitriles is 1. The highest BCUT2D eigenvalue weighted by Crippen LogP contribution is 2.24. The SMILES string of the molecule is N#CC(C(=O)c1ccc(F)c(Cl)c1)c1ccc(Cl)cc1. The molecule has 0 fully saturated rings. The Morgan fingerprint density at radius 2 is 1.80 bits per heavy atom. The first kappa shape index (κ1) is 14.5. The minimum atomic E-state index is -0.978. The fourth-order valence-electron chi connectivity index (χ4n) is 1.76. The zero-order valence-corrected chi connectivity index (χ0v) is 11.6. The molecule has 0 amide bonds. The minimum Gasteiger partial charge on any atom is -0.292 e. The number of Topliss-reactive ketones (excluding diaryl/α,β-unsaturated/α-hetero) is 1. The Morgan fingerprint density at radius 3 is 2.35 bits per heavy atom. The van der Waals surface area contributed by atoms with E-state index in [1.54, 1.807) is 24.3 Å². The fourth-order valence-corrected chi connectivity index (χ4v) is 2.06. The van der Waals surface area contributed by atoms with Crippen molar-refractivity contribution in [2.45, 2.75) is 5.92 Å². The summed E-state index contributed by atoms with van der Waals surface area (Å²) in [7, 11) is 0. The van der Waals surface area contributed by atoms with E-state index in [1.807, 2.05) is 6.07 Å². The van der Waals surface area contributed by atoms with Crippen molar-refractivity contribution in [2.75, 3.05) is 0 Å². The minimum absolute atomic E-state index is 0.149. The first-order valence-electron chi connectivity index (χ1n) is 5.67. The fraction of sp³-hybridized carbons (Fsp3) is 0.0667. The van der Waals surface area contributed by atoms with Gasteiger partial charge >= 0.3 is 0 Å². The maximum absolute atomic E-state index is 13.1. The lowest BCUT2D eigenvalue weighted by molar-refractivity contribution is 0.0979. The molecule has 0 aliphatic carbocycles. The van der Waals surface area contributed by atoms with Gasteiger partial charge in [0.15, 0.2) is 5.78 Å². The summed E-state index contributed by atoms with van der Waals surface area (Å²) in [6.07, 6.45) is 0. The highest BCUT2D eigenvalue weighted by atomic mass is 35.5. The Hall–Kier alpha value is -1.89. The summed E-state index contributed by atoms with van der Waals surface area (Å²) >= 11 is 11.4. The second kappa shape index (κ2) is 6.04. The van der Waals surface area contributed by atoms with Gasteiger partial charge in [0.2, 0.25) is 0 Å². The summed E-state index contributed by atoms with van der Waals surface area (Å²) < 4.78 is 13.1. The normalized spacial score (nSPS) is 11.7. The maximum Gasteiger partial charge on any atom is 0.184 e. The van der Waals surface area contributed by atoms with Gasteiger partial charge in [-0.1, -0.05) is 35.3 Å². The molecule has 20 heavy (non-hydrogen) atoms. The highest BCUT2D eigenvalue weighted by Gasteiger charge is 2.22. The molecular formula is C15H8Cl2FNO. The summed E-state index contributed by atoms with van der Waals surface area (Å²) in [4.78, 5) is 12.3. The Labute approximate surface area is 125 Å². The molecular weight excluding hydrogens is 300 g/mol. The first-order valence-corrected chi connectivity index (χ1v) is 6.43. The number of nitrogens with zero attached hydrogens (tertiary/aromatic N) is 1. The lowest BCUT2D eigenvalue weighted by atomic mass is 9.92. The van der Waals surface area contributed by atoms with Crippen molar-refractivity contribution in [1.29, 1.82) is 5.26 Å². The van der Waals surface area contributed by atoms with Gasteiger partial charge in [-0.25, -0.2) is 4.39 Å². The third-order valence-electron chi connectivity index (χ3n) is 2.80. The largest absolute Gasteiger partial charge is 0.292 e. The van der Waals surface area contributed by atoms with Crippen LogP contribution in [-0.2, 0) is 0 Å². The zero-order valence-electron chi connectivity index (χ0n) is 10.1. The molecule has 5 heteroatoms. The molecule has 1 atom stereocenters. The van der Waals surface area contributed by atoms with E-state index in [1.165, 1.54) is 12.1 Å². The molecule has 0 spiro atoms. The molecule has 0 bridgehead atoms. The molecule has 0 aromatic heterocycles. The molecule has 2 rings (SSSR count). The van der Waals surface area contributed by atoms with Crippen LogP contribution in [0, 0.1) is 17.1 Å². The van der Waals surface area contributed by atoms with Crippen LogP contribution in [0.5, 0.6) is 0 Å². The smallest absolute Gasteiger partial charge is 0.184 e. The van der Waals surface area contributed by atoms with E-state index in [2.05, 4.69) is 0 Å². The maximum atomic E-state index is 13.1. The molecule has 2 aromatic carbocycles. The van der Waals surface area contributed by atoms with Crippen LogP contribution in [0.25, 0.3) is 0 Å². The van der Waals surface area contributed by atoms with Gasteiger partial charge in [0.05, 0.1) is 11.1 Å². The number of rotatable bonds is 3. The van der Waals surface area contributed by atoms with Crippen LogP contribution in [0.3, 0.4) is 0 Å². The van der Waals surface area contributed by atoms with Gasteiger partial charge in [-0.05, 0) is 35.9 Å². The van der Waals surface area contributed by atoms with Crippen LogP contribution < -0.4 is 0 Å². The number of carbonyl (C=O) groups excluding carboxylic acids is 1. The van der Waals surface area contributed by atoms with Crippen LogP contribution in [0.4, 0.5) is 4.39 Å². The molecule has 0 aliphatic heterocycles. The van der Waals surface area contributed by atoms with Crippen LogP contribution in [-0.4, -0.2) is 5.78 Å². The third-order valence-corrected chi connectivity index (χ3v) is 3.34. The molecule has 0 heterocycles. The summed E-state index contributed by atoms with van der Waals surface area (Å²) in [5.41, 5.74) is 0.722. The predicted octanol–water partition coefficient (Wildman–Crippen LogP) is 4.62. The van der Waals surface area contributed by atoms with Crippen LogP contribution in [0.2, 0.25) is 10.0 Å². The molecule has 0 N–H and O–H groups in total. The molecule has 1 unspecified atom stereocenters. The molecule has 0 aliphatic rings. The van der Waals surface area contributed by atoms with E-state index in [0.29, 0.717) is 10.6 Å². The standard InChI is InChI=1S/C15H8Cl2FNO/c16-11-4-1-9(2-5-11)12(8-19)15(20)10-3-6-14(18)13(17)7-10/h1-7,12H. The van der Waals surface area contributed by atoms with Gasteiger partial charge in [0.1, 0.15) is 11.7 Å². The average molecular weight is 308 g/mol.